The number of amides is 1. The standard InChI is InChI=1S/C9H13N3O4/c1-5(13)8(14)12-7(9(15)16)2-6-3-10-4-11-6/h3-5,7,13H,2H2,1H3,(H,10,11)(H,12,14)(H,15,16)/t5-,7-/m0/s1. The Hall–Kier alpha value is -1.89. The van der Waals surface area contributed by atoms with Crippen LogP contribution in [0.5, 0.6) is 0 Å². The van der Waals surface area contributed by atoms with Crippen molar-refractivity contribution in [1.82, 2.24) is 15.3 Å². The Kier molecular flexibility index (Phi) is 4.01. The zero-order valence-electron chi connectivity index (χ0n) is 8.67. The number of H-pyrrole nitrogens is 1. The van der Waals surface area contributed by atoms with Crippen LogP contribution in [-0.2, 0) is 16.0 Å². The van der Waals surface area contributed by atoms with Gasteiger partial charge >= 0.3 is 5.97 Å². The van der Waals surface area contributed by atoms with Gasteiger partial charge < -0.3 is 20.5 Å². The Bertz CT molecular complexity index is 361. The van der Waals surface area contributed by atoms with Crippen LogP contribution >= 0.6 is 0 Å². The van der Waals surface area contributed by atoms with Crippen LogP contribution in [0.15, 0.2) is 12.5 Å². The fraction of sp³-hybridized carbons (Fsp3) is 0.444. The summed E-state index contributed by atoms with van der Waals surface area (Å²) >= 11 is 0. The molecule has 0 spiro atoms. The first-order valence-corrected chi connectivity index (χ1v) is 4.69. The summed E-state index contributed by atoms with van der Waals surface area (Å²) in [5.41, 5.74) is 0.596. The van der Waals surface area contributed by atoms with Crippen molar-refractivity contribution in [2.75, 3.05) is 0 Å². The van der Waals surface area contributed by atoms with Crippen molar-refractivity contribution in [3.8, 4) is 0 Å². The first-order chi connectivity index (χ1) is 7.50. The van der Waals surface area contributed by atoms with E-state index in [9.17, 15) is 9.59 Å². The van der Waals surface area contributed by atoms with Crippen molar-refractivity contribution in [2.24, 2.45) is 0 Å². The summed E-state index contributed by atoms with van der Waals surface area (Å²) in [6, 6.07) is -1.08. The molecule has 0 aliphatic rings. The van der Waals surface area contributed by atoms with E-state index in [1.807, 2.05) is 0 Å². The van der Waals surface area contributed by atoms with E-state index in [0.29, 0.717) is 5.69 Å². The third-order valence-electron chi connectivity index (χ3n) is 1.97. The van der Waals surface area contributed by atoms with Crippen molar-refractivity contribution < 1.29 is 19.8 Å². The molecule has 0 aromatic carbocycles. The number of rotatable bonds is 5. The van der Waals surface area contributed by atoms with Crippen molar-refractivity contribution >= 4 is 11.9 Å². The number of carboxylic acid groups (broad SMARTS) is 1. The van der Waals surface area contributed by atoms with Gasteiger partial charge in [-0.05, 0) is 6.92 Å². The van der Waals surface area contributed by atoms with Gasteiger partial charge in [0, 0.05) is 18.3 Å². The summed E-state index contributed by atoms with van der Waals surface area (Å²) in [6.45, 7) is 1.27. The number of nitrogens with zero attached hydrogens (tertiary/aromatic N) is 1. The molecule has 1 heterocycles. The predicted octanol–water partition coefficient (Wildman–Crippen LogP) is -1.10. The quantitative estimate of drug-likeness (QED) is 0.509. The number of aliphatic hydroxyl groups excluding tert-OH is 1. The average molecular weight is 227 g/mol. The summed E-state index contributed by atoms with van der Waals surface area (Å²) in [5, 5.41) is 20.0. The highest BCUT2D eigenvalue weighted by molar-refractivity contribution is 5.85. The number of carbonyl (C=O) groups is 2. The third-order valence-corrected chi connectivity index (χ3v) is 1.97. The van der Waals surface area contributed by atoms with E-state index in [1.54, 1.807) is 0 Å². The fourth-order valence-corrected chi connectivity index (χ4v) is 1.11. The second kappa shape index (κ2) is 5.26. The second-order valence-electron chi connectivity index (χ2n) is 3.36. The predicted molar refractivity (Wildman–Crippen MR) is 53.5 cm³/mol. The number of nitrogens with one attached hydrogen (secondary N) is 2. The fourth-order valence-electron chi connectivity index (χ4n) is 1.11. The van der Waals surface area contributed by atoms with Crippen LogP contribution < -0.4 is 5.32 Å². The number of hydrogen-bond acceptors (Lipinski definition) is 4. The van der Waals surface area contributed by atoms with Gasteiger partial charge in [-0.25, -0.2) is 9.78 Å². The highest BCUT2D eigenvalue weighted by Gasteiger charge is 2.22. The molecule has 0 saturated heterocycles. The minimum atomic E-state index is -1.23. The molecule has 1 rings (SSSR count). The summed E-state index contributed by atoms with van der Waals surface area (Å²) in [4.78, 5) is 28.5. The minimum absolute atomic E-state index is 0.0911. The Labute approximate surface area is 91.5 Å². The topological polar surface area (TPSA) is 115 Å². The normalized spacial score (nSPS) is 14.1. The molecule has 0 bridgehead atoms. The Morgan fingerprint density at radius 3 is 2.75 bits per heavy atom. The zero-order valence-corrected chi connectivity index (χ0v) is 8.67. The van der Waals surface area contributed by atoms with Crippen LogP contribution in [0.3, 0.4) is 0 Å². The molecule has 0 unspecified atom stereocenters. The first kappa shape index (κ1) is 12.2. The van der Waals surface area contributed by atoms with Crippen LogP contribution in [0.25, 0.3) is 0 Å². The summed E-state index contributed by atoms with van der Waals surface area (Å²) in [5.74, 6) is -1.88. The second-order valence-corrected chi connectivity index (χ2v) is 3.36. The van der Waals surface area contributed by atoms with E-state index in [-0.39, 0.29) is 6.42 Å². The molecule has 4 N–H and O–H groups in total. The van der Waals surface area contributed by atoms with E-state index in [0.717, 1.165) is 0 Å². The molecule has 0 saturated carbocycles. The molecule has 1 aromatic rings. The smallest absolute Gasteiger partial charge is 0.326 e. The van der Waals surface area contributed by atoms with Crippen LogP contribution in [0.2, 0.25) is 0 Å². The van der Waals surface area contributed by atoms with Crippen molar-refractivity contribution in [3.05, 3.63) is 18.2 Å². The van der Waals surface area contributed by atoms with E-state index in [4.69, 9.17) is 10.2 Å². The molecule has 0 fully saturated rings. The highest BCUT2D eigenvalue weighted by atomic mass is 16.4. The molecule has 2 atom stereocenters. The highest BCUT2D eigenvalue weighted by Crippen LogP contribution is 1.99. The SMILES string of the molecule is C[C@H](O)C(=O)N[C@@H](Cc1cnc[nH]1)C(=O)O. The van der Waals surface area contributed by atoms with Crippen LogP contribution in [-0.4, -0.2) is 44.2 Å². The lowest BCUT2D eigenvalue weighted by atomic mass is 10.1. The van der Waals surface area contributed by atoms with Gasteiger partial charge in [-0.15, -0.1) is 0 Å². The number of aliphatic hydroxyl groups is 1. The van der Waals surface area contributed by atoms with Gasteiger partial charge in [0.1, 0.15) is 12.1 Å². The Morgan fingerprint density at radius 1 is 1.62 bits per heavy atom. The van der Waals surface area contributed by atoms with Gasteiger partial charge in [0.05, 0.1) is 6.33 Å². The largest absolute Gasteiger partial charge is 0.480 e. The number of aliphatic carboxylic acids is 1. The number of aromatic nitrogens is 2. The van der Waals surface area contributed by atoms with E-state index in [1.165, 1.54) is 19.4 Å². The van der Waals surface area contributed by atoms with Crippen LogP contribution in [0.4, 0.5) is 0 Å². The molecule has 7 heteroatoms. The molecular weight excluding hydrogens is 214 g/mol. The minimum Gasteiger partial charge on any atom is -0.480 e. The number of carboxylic acids is 1. The zero-order chi connectivity index (χ0) is 12.1. The van der Waals surface area contributed by atoms with Gasteiger partial charge in [0.15, 0.2) is 0 Å². The molecule has 16 heavy (non-hydrogen) atoms. The first-order valence-electron chi connectivity index (χ1n) is 4.69. The van der Waals surface area contributed by atoms with Gasteiger partial charge in [-0.1, -0.05) is 0 Å². The molecule has 88 valence electrons. The van der Waals surface area contributed by atoms with Crippen LogP contribution in [0.1, 0.15) is 12.6 Å². The van der Waals surface area contributed by atoms with Gasteiger partial charge in [-0.3, -0.25) is 4.79 Å². The number of hydrogen-bond donors (Lipinski definition) is 4. The van der Waals surface area contributed by atoms with Crippen molar-refractivity contribution in [2.45, 2.75) is 25.5 Å². The van der Waals surface area contributed by atoms with E-state index in [2.05, 4.69) is 15.3 Å². The lowest BCUT2D eigenvalue weighted by Crippen LogP contribution is -2.46. The number of imidazole rings is 1. The molecule has 0 radical (unpaired) electrons. The third kappa shape index (κ3) is 3.35. The van der Waals surface area contributed by atoms with Crippen molar-refractivity contribution in [1.29, 1.82) is 0 Å². The summed E-state index contributed by atoms with van der Waals surface area (Å²) in [6.07, 6.45) is 1.76. The Morgan fingerprint density at radius 2 is 2.31 bits per heavy atom. The van der Waals surface area contributed by atoms with E-state index >= 15 is 0 Å². The number of aromatic amines is 1. The van der Waals surface area contributed by atoms with Gasteiger partial charge in [-0.2, -0.15) is 0 Å². The molecule has 7 nitrogen and oxygen atoms in total. The Balaban J connectivity index is 2.62. The average Bonchev–Trinajstić information content (AvgIpc) is 2.68. The monoisotopic (exact) mass is 227 g/mol. The molecule has 0 aliphatic heterocycles. The maximum Gasteiger partial charge on any atom is 0.326 e. The molecule has 0 aliphatic carbocycles. The van der Waals surface area contributed by atoms with Crippen LogP contribution in [0, 0.1) is 0 Å². The molecule has 1 amide bonds. The summed E-state index contributed by atoms with van der Waals surface area (Å²) in [7, 11) is 0. The van der Waals surface area contributed by atoms with Gasteiger partial charge in [0.25, 0.3) is 0 Å². The number of carbonyl (C=O) groups excluding carboxylic acids is 1. The molecular formula is C9H13N3O4. The maximum absolute atomic E-state index is 11.1. The lowest BCUT2D eigenvalue weighted by molar-refractivity contribution is -0.143. The van der Waals surface area contributed by atoms with E-state index < -0.39 is 24.0 Å². The molecule has 1 aromatic heterocycles. The lowest BCUT2D eigenvalue weighted by Gasteiger charge is -2.14. The van der Waals surface area contributed by atoms with Gasteiger partial charge in [0.2, 0.25) is 5.91 Å². The maximum atomic E-state index is 11.1. The van der Waals surface area contributed by atoms with Crippen molar-refractivity contribution in [3.63, 3.8) is 0 Å². The summed E-state index contributed by atoms with van der Waals surface area (Å²) < 4.78 is 0.